The molecule has 2 atom stereocenters. The molecule has 1 aromatic rings. The summed E-state index contributed by atoms with van der Waals surface area (Å²) in [6.07, 6.45) is 0.803. The highest BCUT2D eigenvalue weighted by Crippen LogP contribution is 2.26. The van der Waals surface area contributed by atoms with E-state index in [1.807, 2.05) is 6.92 Å². The van der Waals surface area contributed by atoms with Crippen LogP contribution >= 0.6 is 0 Å². The number of ketones is 1. The van der Waals surface area contributed by atoms with Crippen LogP contribution in [-0.2, 0) is 9.47 Å². The fraction of sp³-hybridized carbons (Fsp3) is 0.562. The summed E-state index contributed by atoms with van der Waals surface area (Å²) in [6, 6.07) is 5.28. The zero-order chi connectivity index (χ0) is 15.2. The minimum Gasteiger partial charge on any atom is -0.488 e. The molecule has 0 amide bonds. The first-order valence-electron chi connectivity index (χ1n) is 7.14. The molecular formula is C16H22O5. The van der Waals surface area contributed by atoms with Crippen LogP contribution in [0.3, 0.4) is 0 Å². The van der Waals surface area contributed by atoms with Crippen molar-refractivity contribution in [3.8, 4) is 11.5 Å². The van der Waals surface area contributed by atoms with Gasteiger partial charge in [0, 0.05) is 25.2 Å². The van der Waals surface area contributed by atoms with Crippen molar-refractivity contribution < 1.29 is 23.7 Å². The Labute approximate surface area is 125 Å². The topological polar surface area (TPSA) is 54.0 Å². The molecule has 5 nitrogen and oxygen atoms in total. The van der Waals surface area contributed by atoms with Crippen molar-refractivity contribution in [2.75, 3.05) is 26.9 Å². The Kier molecular flexibility index (Phi) is 5.59. The molecule has 1 heterocycles. The van der Waals surface area contributed by atoms with Gasteiger partial charge in [0.25, 0.3) is 0 Å². The van der Waals surface area contributed by atoms with Crippen LogP contribution < -0.4 is 9.47 Å². The van der Waals surface area contributed by atoms with Crippen LogP contribution in [0.2, 0.25) is 0 Å². The molecule has 1 saturated heterocycles. The lowest BCUT2D eigenvalue weighted by molar-refractivity contribution is 0.0910. The first kappa shape index (κ1) is 15.8. The number of methoxy groups -OCH3 is 1. The number of hydrogen-bond donors (Lipinski definition) is 0. The first-order valence-corrected chi connectivity index (χ1v) is 7.14. The van der Waals surface area contributed by atoms with E-state index in [2.05, 4.69) is 0 Å². The van der Waals surface area contributed by atoms with E-state index in [4.69, 9.17) is 18.9 Å². The maximum atomic E-state index is 11.6. The molecule has 0 saturated carbocycles. The molecule has 1 aromatic carbocycles. The number of carbonyl (C=O) groups excluding carboxylic acids is 1. The fourth-order valence-electron chi connectivity index (χ4n) is 2.21. The smallest absolute Gasteiger partial charge is 0.160 e. The predicted octanol–water partition coefficient (Wildman–Crippen LogP) is 2.47. The second-order valence-corrected chi connectivity index (χ2v) is 5.24. The molecule has 1 aliphatic heterocycles. The Morgan fingerprint density at radius 3 is 2.76 bits per heavy atom. The molecule has 0 aliphatic carbocycles. The number of Topliss-reactive ketones (excluding diaryl/α,β-unsaturated/α-hetero) is 1. The third-order valence-corrected chi connectivity index (χ3v) is 3.22. The Bertz CT molecular complexity index is 480. The normalized spacial score (nSPS) is 19.3. The first-order chi connectivity index (χ1) is 10.1. The summed E-state index contributed by atoms with van der Waals surface area (Å²) in [7, 11) is 1.63. The van der Waals surface area contributed by atoms with Crippen molar-refractivity contribution in [3.05, 3.63) is 23.8 Å². The van der Waals surface area contributed by atoms with Crippen LogP contribution in [0.5, 0.6) is 11.5 Å². The summed E-state index contributed by atoms with van der Waals surface area (Å²) in [5.74, 6) is 1.23. The Hall–Kier alpha value is -1.59. The van der Waals surface area contributed by atoms with Gasteiger partial charge in [-0.3, -0.25) is 4.79 Å². The quantitative estimate of drug-likeness (QED) is 0.723. The Morgan fingerprint density at radius 1 is 1.38 bits per heavy atom. The summed E-state index contributed by atoms with van der Waals surface area (Å²) in [5.41, 5.74) is 0.575. The van der Waals surface area contributed by atoms with E-state index in [9.17, 15) is 4.79 Å². The summed E-state index contributed by atoms with van der Waals surface area (Å²) in [5, 5.41) is 0. The van der Waals surface area contributed by atoms with Gasteiger partial charge < -0.3 is 18.9 Å². The molecule has 5 heteroatoms. The molecule has 0 spiro atoms. The molecule has 0 radical (unpaired) electrons. The number of rotatable bonds is 7. The highest BCUT2D eigenvalue weighted by molar-refractivity contribution is 5.94. The lowest BCUT2D eigenvalue weighted by Gasteiger charge is -2.17. The number of hydrogen-bond acceptors (Lipinski definition) is 5. The standard InChI is InChI=1S/C16H22O5/c1-11(9-18-3)20-15-6-13(12(2)17)7-16(8-15)21-14-4-5-19-10-14/h6-8,11,14H,4-5,9-10H2,1-3H3/t11-,14+/m0/s1. The van der Waals surface area contributed by atoms with Crippen molar-refractivity contribution in [2.24, 2.45) is 0 Å². The van der Waals surface area contributed by atoms with Gasteiger partial charge in [-0.2, -0.15) is 0 Å². The van der Waals surface area contributed by atoms with E-state index >= 15 is 0 Å². The van der Waals surface area contributed by atoms with Crippen molar-refractivity contribution in [1.29, 1.82) is 0 Å². The fourth-order valence-corrected chi connectivity index (χ4v) is 2.21. The molecule has 0 unspecified atom stereocenters. The third kappa shape index (κ3) is 4.72. The summed E-state index contributed by atoms with van der Waals surface area (Å²) in [6.45, 7) is 5.22. The number of benzene rings is 1. The average Bonchev–Trinajstić information content (AvgIpc) is 2.91. The Morgan fingerprint density at radius 2 is 2.14 bits per heavy atom. The molecule has 0 aromatic heterocycles. The number of ether oxygens (including phenoxy) is 4. The molecule has 116 valence electrons. The van der Waals surface area contributed by atoms with Crippen LogP contribution in [0.25, 0.3) is 0 Å². The number of carbonyl (C=O) groups is 1. The van der Waals surface area contributed by atoms with Crippen molar-refractivity contribution >= 4 is 5.78 Å². The molecule has 2 rings (SSSR count). The van der Waals surface area contributed by atoms with Gasteiger partial charge in [0.15, 0.2) is 5.78 Å². The Balaban J connectivity index is 2.14. The van der Waals surface area contributed by atoms with Crippen molar-refractivity contribution in [2.45, 2.75) is 32.5 Å². The lowest BCUT2D eigenvalue weighted by atomic mass is 10.1. The SMILES string of the molecule is COC[C@H](C)Oc1cc(O[C@@H]2CCOC2)cc(C(C)=O)c1. The minimum atomic E-state index is -0.0973. The van der Waals surface area contributed by atoms with Crippen molar-refractivity contribution in [1.82, 2.24) is 0 Å². The summed E-state index contributed by atoms with van der Waals surface area (Å²) < 4.78 is 22.0. The van der Waals surface area contributed by atoms with Crippen LogP contribution in [0.15, 0.2) is 18.2 Å². The van der Waals surface area contributed by atoms with Gasteiger partial charge in [0.2, 0.25) is 0 Å². The molecule has 1 fully saturated rings. The molecule has 21 heavy (non-hydrogen) atoms. The minimum absolute atomic E-state index is 0.0210. The summed E-state index contributed by atoms with van der Waals surface area (Å²) in [4.78, 5) is 11.6. The van der Waals surface area contributed by atoms with E-state index in [-0.39, 0.29) is 18.0 Å². The van der Waals surface area contributed by atoms with Gasteiger partial charge in [-0.1, -0.05) is 0 Å². The summed E-state index contributed by atoms with van der Waals surface area (Å²) >= 11 is 0. The van der Waals surface area contributed by atoms with Crippen LogP contribution in [0.1, 0.15) is 30.6 Å². The van der Waals surface area contributed by atoms with Gasteiger partial charge in [0.1, 0.15) is 23.7 Å². The molecular weight excluding hydrogens is 272 g/mol. The van der Waals surface area contributed by atoms with E-state index < -0.39 is 0 Å². The monoisotopic (exact) mass is 294 g/mol. The van der Waals surface area contributed by atoms with Crippen molar-refractivity contribution in [3.63, 3.8) is 0 Å². The van der Waals surface area contributed by atoms with Crippen LogP contribution in [0.4, 0.5) is 0 Å². The zero-order valence-corrected chi connectivity index (χ0v) is 12.8. The molecule has 0 bridgehead atoms. The largest absolute Gasteiger partial charge is 0.488 e. The highest BCUT2D eigenvalue weighted by atomic mass is 16.5. The van der Waals surface area contributed by atoms with Gasteiger partial charge in [-0.25, -0.2) is 0 Å². The van der Waals surface area contributed by atoms with E-state index in [1.54, 1.807) is 25.3 Å². The van der Waals surface area contributed by atoms with E-state index in [0.29, 0.717) is 36.9 Å². The highest BCUT2D eigenvalue weighted by Gasteiger charge is 2.18. The van der Waals surface area contributed by atoms with Crippen LogP contribution in [0, 0.1) is 0 Å². The lowest BCUT2D eigenvalue weighted by Crippen LogP contribution is -2.19. The van der Waals surface area contributed by atoms with Crippen LogP contribution in [-0.4, -0.2) is 44.9 Å². The van der Waals surface area contributed by atoms with Gasteiger partial charge in [-0.15, -0.1) is 0 Å². The molecule has 1 aliphatic rings. The average molecular weight is 294 g/mol. The zero-order valence-electron chi connectivity index (χ0n) is 12.8. The van der Waals surface area contributed by atoms with E-state index in [0.717, 1.165) is 6.42 Å². The van der Waals surface area contributed by atoms with Gasteiger partial charge in [-0.05, 0) is 26.0 Å². The second kappa shape index (κ2) is 7.43. The maximum absolute atomic E-state index is 11.6. The second-order valence-electron chi connectivity index (χ2n) is 5.24. The van der Waals surface area contributed by atoms with Gasteiger partial charge >= 0.3 is 0 Å². The third-order valence-electron chi connectivity index (χ3n) is 3.22. The van der Waals surface area contributed by atoms with Gasteiger partial charge in [0.05, 0.1) is 19.8 Å². The molecule has 0 N–H and O–H groups in total. The van der Waals surface area contributed by atoms with E-state index in [1.165, 1.54) is 6.92 Å². The maximum Gasteiger partial charge on any atom is 0.160 e. The predicted molar refractivity (Wildman–Crippen MR) is 78.3 cm³/mol.